The van der Waals surface area contributed by atoms with Gasteiger partial charge in [-0.2, -0.15) is 0 Å². The predicted octanol–water partition coefficient (Wildman–Crippen LogP) is 13.2. The van der Waals surface area contributed by atoms with E-state index in [9.17, 15) is 0 Å². The summed E-state index contributed by atoms with van der Waals surface area (Å²) in [6.45, 7) is 0. The zero-order chi connectivity index (χ0) is 33.5. The number of fused-ring (bicyclic) bond motifs is 10. The number of hydrogen-bond donors (Lipinski definition) is 0. The number of benzene rings is 8. The van der Waals surface area contributed by atoms with E-state index in [0.717, 1.165) is 38.5 Å². The van der Waals surface area contributed by atoms with Gasteiger partial charge < -0.3 is 8.98 Å². The number of para-hydroxylation sites is 2. The van der Waals surface area contributed by atoms with Gasteiger partial charge in [-0.05, 0) is 98.6 Å². The topological polar surface area (TPSA) is 18.1 Å². The first-order valence-corrected chi connectivity index (χ1v) is 17.6. The van der Waals surface area contributed by atoms with E-state index >= 15 is 0 Å². The number of hydrogen-bond acceptors (Lipinski definition) is 1. The largest absolute Gasteiger partial charge is 0.455 e. The lowest BCUT2D eigenvalue weighted by Gasteiger charge is -2.15. The van der Waals surface area contributed by atoms with Crippen LogP contribution in [-0.2, 0) is 0 Å². The van der Waals surface area contributed by atoms with E-state index in [1.54, 1.807) is 0 Å². The standard InChI is InChI=1S/C49H31NO/c1-3-11-31(12-4-1)32-19-21-33(22-20-32)47-39-17-8-7-15-37(39)42-29-34(23-25-40(42)47)35-24-27-44-43(30-35)48-45(50(44)36-13-5-2-6-14-36)28-26-41-38-16-9-10-18-46(38)51-49(41)48/h1-30,47H. The monoisotopic (exact) mass is 649 g/mol. The highest BCUT2D eigenvalue weighted by Gasteiger charge is 2.30. The average molecular weight is 650 g/mol. The summed E-state index contributed by atoms with van der Waals surface area (Å²) in [4.78, 5) is 0. The van der Waals surface area contributed by atoms with Crippen molar-refractivity contribution in [2.45, 2.75) is 5.92 Å². The van der Waals surface area contributed by atoms with E-state index in [4.69, 9.17) is 4.42 Å². The maximum absolute atomic E-state index is 6.64. The molecule has 8 aromatic carbocycles. The first-order valence-electron chi connectivity index (χ1n) is 17.6. The Hall–Kier alpha value is -6.64. The molecule has 0 bridgehead atoms. The third kappa shape index (κ3) is 4.23. The summed E-state index contributed by atoms with van der Waals surface area (Å²) in [6, 6.07) is 66.1. The minimum atomic E-state index is 0.197. The summed E-state index contributed by atoms with van der Waals surface area (Å²) in [5.74, 6) is 0.197. The molecule has 10 aromatic rings. The Balaban J connectivity index is 1.08. The lowest BCUT2D eigenvalue weighted by Crippen LogP contribution is -1.99. The van der Waals surface area contributed by atoms with Gasteiger partial charge in [0.25, 0.3) is 0 Å². The molecule has 2 nitrogen and oxygen atoms in total. The van der Waals surface area contributed by atoms with Crippen molar-refractivity contribution in [3.8, 4) is 39.1 Å². The van der Waals surface area contributed by atoms with Crippen LogP contribution in [0.25, 0.3) is 82.8 Å². The molecular formula is C49H31NO. The SMILES string of the molecule is c1ccc(-c2ccc(C3c4ccccc4-c4cc(-c5ccc6c(c5)c5c7oc8ccccc8c7ccc5n6-c5ccccc5)ccc43)cc2)cc1. The van der Waals surface area contributed by atoms with Crippen molar-refractivity contribution in [2.75, 3.05) is 0 Å². The van der Waals surface area contributed by atoms with Crippen LogP contribution in [0.5, 0.6) is 0 Å². The summed E-state index contributed by atoms with van der Waals surface area (Å²) < 4.78 is 9.01. The summed E-state index contributed by atoms with van der Waals surface area (Å²) in [5, 5.41) is 4.63. The number of aromatic nitrogens is 1. The summed E-state index contributed by atoms with van der Waals surface area (Å²) in [5.41, 5.74) is 16.9. The van der Waals surface area contributed by atoms with Crippen molar-refractivity contribution in [2.24, 2.45) is 0 Å². The number of furan rings is 1. The van der Waals surface area contributed by atoms with Gasteiger partial charge in [0.05, 0.1) is 16.4 Å². The molecule has 11 rings (SSSR count). The van der Waals surface area contributed by atoms with Crippen molar-refractivity contribution in [3.05, 3.63) is 199 Å². The molecule has 51 heavy (non-hydrogen) atoms. The molecule has 1 aliphatic carbocycles. The molecule has 238 valence electrons. The van der Waals surface area contributed by atoms with Gasteiger partial charge in [-0.3, -0.25) is 0 Å². The molecule has 2 heteroatoms. The summed E-state index contributed by atoms with van der Waals surface area (Å²) in [6.07, 6.45) is 0. The highest BCUT2D eigenvalue weighted by Crippen LogP contribution is 2.50. The van der Waals surface area contributed by atoms with E-state index in [1.807, 2.05) is 6.07 Å². The fourth-order valence-electron chi connectivity index (χ4n) is 8.56. The number of rotatable bonds is 4. The second-order valence-electron chi connectivity index (χ2n) is 13.6. The van der Waals surface area contributed by atoms with E-state index in [1.165, 1.54) is 61.0 Å². The molecule has 1 unspecified atom stereocenters. The van der Waals surface area contributed by atoms with Crippen molar-refractivity contribution >= 4 is 43.7 Å². The van der Waals surface area contributed by atoms with Crippen molar-refractivity contribution < 1.29 is 4.42 Å². The van der Waals surface area contributed by atoms with Crippen LogP contribution < -0.4 is 0 Å². The quantitative estimate of drug-likeness (QED) is 0.186. The Kier molecular flexibility index (Phi) is 6.05. The minimum absolute atomic E-state index is 0.197. The molecule has 0 N–H and O–H groups in total. The fourth-order valence-corrected chi connectivity index (χ4v) is 8.56. The van der Waals surface area contributed by atoms with Gasteiger partial charge in [-0.1, -0.05) is 133 Å². The van der Waals surface area contributed by atoms with Crippen LogP contribution in [0.2, 0.25) is 0 Å². The normalized spacial score (nSPS) is 13.7. The number of nitrogens with zero attached hydrogens (tertiary/aromatic N) is 1. The molecule has 2 aromatic heterocycles. The van der Waals surface area contributed by atoms with E-state index < -0.39 is 0 Å². The minimum Gasteiger partial charge on any atom is -0.455 e. The zero-order valence-electron chi connectivity index (χ0n) is 27.8. The lowest BCUT2D eigenvalue weighted by atomic mass is 9.88. The molecule has 0 amide bonds. The first-order chi connectivity index (χ1) is 25.3. The predicted molar refractivity (Wildman–Crippen MR) is 212 cm³/mol. The highest BCUT2D eigenvalue weighted by atomic mass is 16.3. The molecule has 1 atom stereocenters. The van der Waals surface area contributed by atoms with E-state index in [-0.39, 0.29) is 5.92 Å². The molecule has 0 saturated heterocycles. The van der Waals surface area contributed by atoms with Crippen LogP contribution in [0.4, 0.5) is 0 Å². The molecule has 1 aliphatic rings. The third-order valence-corrected chi connectivity index (χ3v) is 10.9. The Bertz CT molecular complexity index is 2950. The van der Waals surface area contributed by atoms with Gasteiger partial charge in [0, 0.05) is 27.8 Å². The van der Waals surface area contributed by atoms with Crippen LogP contribution in [0.1, 0.15) is 22.6 Å². The molecule has 0 saturated carbocycles. The summed E-state index contributed by atoms with van der Waals surface area (Å²) in [7, 11) is 0. The average Bonchev–Trinajstić information content (AvgIpc) is 3.86. The zero-order valence-corrected chi connectivity index (χ0v) is 27.8. The second-order valence-corrected chi connectivity index (χ2v) is 13.6. The molecule has 0 fully saturated rings. The van der Waals surface area contributed by atoms with Crippen LogP contribution in [-0.4, -0.2) is 4.57 Å². The smallest absolute Gasteiger partial charge is 0.145 e. The van der Waals surface area contributed by atoms with Gasteiger partial charge in [-0.15, -0.1) is 0 Å². The van der Waals surface area contributed by atoms with Gasteiger partial charge in [-0.25, -0.2) is 0 Å². The van der Waals surface area contributed by atoms with Gasteiger partial charge in [0.15, 0.2) is 0 Å². The van der Waals surface area contributed by atoms with Crippen LogP contribution in [0.15, 0.2) is 186 Å². The van der Waals surface area contributed by atoms with Gasteiger partial charge in [0.2, 0.25) is 0 Å². The third-order valence-electron chi connectivity index (χ3n) is 10.9. The van der Waals surface area contributed by atoms with E-state index in [2.05, 4.69) is 180 Å². The Morgan fingerprint density at radius 2 is 1.06 bits per heavy atom. The second kappa shape index (κ2) is 10.9. The van der Waals surface area contributed by atoms with Crippen molar-refractivity contribution in [1.29, 1.82) is 0 Å². The molecule has 0 spiro atoms. The van der Waals surface area contributed by atoms with Crippen molar-refractivity contribution in [1.82, 2.24) is 4.57 Å². The van der Waals surface area contributed by atoms with E-state index in [0.29, 0.717) is 0 Å². The molecule has 0 aliphatic heterocycles. The Labute approximate surface area is 295 Å². The molecule has 2 heterocycles. The van der Waals surface area contributed by atoms with Crippen LogP contribution in [0.3, 0.4) is 0 Å². The Morgan fingerprint density at radius 3 is 1.92 bits per heavy atom. The Morgan fingerprint density at radius 1 is 0.412 bits per heavy atom. The van der Waals surface area contributed by atoms with Gasteiger partial charge in [0.1, 0.15) is 11.2 Å². The maximum atomic E-state index is 6.64. The van der Waals surface area contributed by atoms with Crippen molar-refractivity contribution in [3.63, 3.8) is 0 Å². The van der Waals surface area contributed by atoms with Gasteiger partial charge >= 0.3 is 0 Å². The maximum Gasteiger partial charge on any atom is 0.145 e. The summed E-state index contributed by atoms with van der Waals surface area (Å²) >= 11 is 0. The molecule has 0 radical (unpaired) electrons. The first kappa shape index (κ1) is 28.2. The molecular weight excluding hydrogens is 619 g/mol. The lowest BCUT2D eigenvalue weighted by molar-refractivity contribution is 0.673. The van der Waals surface area contributed by atoms with Crippen LogP contribution >= 0.6 is 0 Å². The fraction of sp³-hybridized carbons (Fsp3) is 0.0204. The highest BCUT2D eigenvalue weighted by molar-refractivity contribution is 6.24. The van der Waals surface area contributed by atoms with Crippen LogP contribution in [0, 0.1) is 0 Å².